The minimum absolute atomic E-state index is 0.0700. The van der Waals surface area contributed by atoms with Gasteiger partial charge in [-0.05, 0) is 24.3 Å². The fraction of sp³-hybridized carbons (Fsp3) is 0.429. The normalized spacial score (nSPS) is 10.1. The van der Waals surface area contributed by atoms with E-state index in [0.29, 0.717) is 37.7 Å². The lowest BCUT2D eigenvalue weighted by Gasteiger charge is -2.07. The maximum atomic E-state index is 10.7. The van der Waals surface area contributed by atoms with Gasteiger partial charge in [-0.15, -0.1) is 0 Å². The predicted molar refractivity (Wildman–Crippen MR) is 71.0 cm³/mol. The molecule has 0 bridgehead atoms. The predicted octanol–water partition coefficient (Wildman–Crippen LogP) is 1.08. The highest BCUT2D eigenvalue weighted by molar-refractivity contribution is 5.74. The largest absolute Gasteiger partial charge is 0.491 e. The van der Waals surface area contributed by atoms with Gasteiger partial charge in [-0.3, -0.25) is 4.79 Å². The van der Waals surface area contributed by atoms with Crippen LogP contribution in [0.25, 0.3) is 0 Å². The van der Waals surface area contributed by atoms with Crippen molar-refractivity contribution in [3.63, 3.8) is 0 Å². The van der Waals surface area contributed by atoms with Gasteiger partial charge in [0.2, 0.25) is 0 Å². The van der Waals surface area contributed by atoms with E-state index in [0.717, 1.165) is 6.29 Å². The summed E-state index contributed by atoms with van der Waals surface area (Å²) in [4.78, 5) is 21.2. The number of carbonyl (C=O) groups is 2. The lowest BCUT2D eigenvalue weighted by Crippen LogP contribution is -2.15. The second-order valence-electron chi connectivity index (χ2n) is 3.78. The van der Waals surface area contributed by atoms with Crippen molar-refractivity contribution in [2.45, 2.75) is 0 Å². The van der Waals surface area contributed by atoms with Crippen LogP contribution in [0.2, 0.25) is 0 Å². The van der Waals surface area contributed by atoms with E-state index in [1.54, 1.807) is 24.3 Å². The van der Waals surface area contributed by atoms with Crippen LogP contribution >= 0.6 is 0 Å². The van der Waals surface area contributed by atoms with Crippen molar-refractivity contribution in [3.8, 4) is 5.75 Å². The number of carbonyl (C=O) groups excluding carboxylic acids is 2. The van der Waals surface area contributed by atoms with Crippen molar-refractivity contribution in [2.24, 2.45) is 0 Å². The molecule has 0 amide bonds. The Hall–Kier alpha value is -1.92. The molecule has 1 rings (SSSR count). The lowest BCUT2D eigenvalue weighted by atomic mass is 10.2. The highest BCUT2D eigenvalue weighted by Gasteiger charge is 1.99. The third-order valence-electron chi connectivity index (χ3n) is 2.33. The van der Waals surface area contributed by atoms with Crippen molar-refractivity contribution in [1.82, 2.24) is 0 Å². The molecule has 1 aromatic rings. The molecule has 0 spiro atoms. The SMILES string of the molecule is COC(=O)COCCOCCOc1ccc(C=O)cc1. The van der Waals surface area contributed by atoms with E-state index in [4.69, 9.17) is 14.2 Å². The number of esters is 1. The fourth-order valence-corrected chi connectivity index (χ4v) is 1.30. The minimum atomic E-state index is -0.410. The van der Waals surface area contributed by atoms with E-state index in [9.17, 15) is 9.59 Å². The molecule has 0 fully saturated rings. The first-order chi connectivity index (χ1) is 9.76. The highest BCUT2D eigenvalue weighted by Crippen LogP contribution is 2.10. The molecule has 6 heteroatoms. The van der Waals surface area contributed by atoms with Crippen molar-refractivity contribution in [2.75, 3.05) is 40.1 Å². The standard InChI is InChI=1S/C14H18O6/c1-17-14(16)11-19-7-6-18-8-9-20-13-4-2-12(10-15)3-5-13/h2-5,10H,6-9,11H2,1H3. The number of benzene rings is 1. The third-order valence-corrected chi connectivity index (χ3v) is 2.33. The van der Waals surface area contributed by atoms with Gasteiger partial charge >= 0.3 is 5.97 Å². The Morgan fingerprint density at radius 2 is 1.70 bits per heavy atom. The quantitative estimate of drug-likeness (QED) is 0.363. The Morgan fingerprint density at radius 3 is 2.35 bits per heavy atom. The fourth-order valence-electron chi connectivity index (χ4n) is 1.30. The smallest absolute Gasteiger partial charge is 0.331 e. The Balaban J connectivity index is 1.99. The van der Waals surface area contributed by atoms with Gasteiger partial charge in [0.15, 0.2) is 0 Å². The van der Waals surface area contributed by atoms with Gasteiger partial charge in [0.1, 0.15) is 25.2 Å². The second-order valence-corrected chi connectivity index (χ2v) is 3.78. The molecule has 6 nitrogen and oxygen atoms in total. The average Bonchev–Trinajstić information content (AvgIpc) is 2.50. The third kappa shape index (κ3) is 6.86. The van der Waals surface area contributed by atoms with Crippen LogP contribution in [-0.2, 0) is 19.0 Å². The van der Waals surface area contributed by atoms with Gasteiger partial charge in [-0.25, -0.2) is 4.79 Å². The number of hydrogen-bond acceptors (Lipinski definition) is 6. The summed E-state index contributed by atoms with van der Waals surface area (Å²) in [5.74, 6) is 0.272. The van der Waals surface area contributed by atoms with Crippen molar-refractivity contribution in [1.29, 1.82) is 0 Å². The summed E-state index contributed by atoms with van der Waals surface area (Å²) in [5, 5.41) is 0. The molecule has 0 aliphatic heterocycles. The zero-order valence-electron chi connectivity index (χ0n) is 11.4. The van der Waals surface area contributed by atoms with E-state index in [-0.39, 0.29) is 6.61 Å². The molecule has 0 saturated heterocycles. The van der Waals surface area contributed by atoms with Crippen LogP contribution in [0.4, 0.5) is 0 Å². The first-order valence-corrected chi connectivity index (χ1v) is 6.16. The van der Waals surface area contributed by atoms with Gasteiger partial charge in [-0.2, -0.15) is 0 Å². The van der Waals surface area contributed by atoms with Gasteiger partial charge < -0.3 is 18.9 Å². The number of hydrogen-bond donors (Lipinski definition) is 0. The maximum Gasteiger partial charge on any atom is 0.331 e. The minimum Gasteiger partial charge on any atom is -0.491 e. The highest BCUT2D eigenvalue weighted by atomic mass is 16.6. The summed E-state index contributed by atoms with van der Waals surface area (Å²) < 4.78 is 20.1. The summed E-state index contributed by atoms with van der Waals surface area (Å²) in [5.41, 5.74) is 0.608. The van der Waals surface area contributed by atoms with Gasteiger partial charge in [0, 0.05) is 5.56 Å². The Morgan fingerprint density at radius 1 is 1.05 bits per heavy atom. The average molecular weight is 282 g/mol. The zero-order chi connectivity index (χ0) is 14.6. The molecule has 20 heavy (non-hydrogen) atoms. The first-order valence-electron chi connectivity index (χ1n) is 6.16. The molecule has 0 unspecified atom stereocenters. The number of rotatable bonds is 10. The number of ether oxygens (including phenoxy) is 4. The molecular weight excluding hydrogens is 264 g/mol. The van der Waals surface area contributed by atoms with E-state index < -0.39 is 5.97 Å². The molecule has 0 heterocycles. The Kier molecular flexibility index (Phi) is 8.02. The lowest BCUT2D eigenvalue weighted by molar-refractivity contribution is -0.146. The summed E-state index contributed by atoms with van der Waals surface area (Å²) >= 11 is 0. The second kappa shape index (κ2) is 9.94. The van der Waals surface area contributed by atoms with Crippen LogP contribution in [0, 0.1) is 0 Å². The van der Waals surface area contributed by atoms with Gasteiger partial charge in [-0.1, -0.05) is 0 Å². The topological polar surface area (TPSA) is 71.1 Å². The van der Waals surface area contributed by atoms with Crippen LogP contribution in [0.5, 0.6) is 5.75 Å². The van der Waals surface area contributed by atoms with E-state index in [1.807, 2.05) is 0 Å². The summed E-state index contributed by atoms with van der Waals surface area (Å²) in [6.07, 6.45) is 0.779. The van der Waals surface area contributed by atoms with E-state index >= 15 is 0 Å². The van der Waals surface area contributed by atoms with Gasteiger partial charge in [0.25, 0.3) is 0 Å². The Bertz CT molecular complexity index is 401. The van der Waals surface area contributed by atoms with E-state index in [1.165, 1.54) is 7.11 Å². The maximum absolute atomic E-state index is 10.7. The molecule has 0 N–H and O–H groups in total. The molecule has 0 atom stereocenters. The number of aldehydes is 1. The molecular formula is C14H18O6. The van der Waals surface area contributed by atoms with E-state index in [2.05, 4.69) is 4.74 Å². The van der Waals surface area contributed by atoms with Crippen LogP contribution in [0.15, 0.2) is 24.3 Å². The van der Waals surface area contributed by atoms with Crippen LogP contribution in [0.1, 0.15) is 10.4 Å². The van der Waals surface area contributed by atoms with Crippen LogP contribution in [-0.4, -0.2) is 52.4 Å². The summed E-state index contributed by atoms with van der Waals surface area (Å²) in [7, 11) is 1.31. The summed E-state index contributed by atoms with van der Waals surface area (Å²) in [6.45, 7) is 1.45. The molecule has 1 aromatic carbocycles. The monoisotopic (exact) mass is 282 g/mol. The zero-order valence-corrected chi connectivity index (χ0v) is 11.4. The first kappa shape index (κ1) is 16.1. The molecule has 0 aliphatic rings. The van der Waals surface area contributed by atoms with Crippen molar-refractivity contribution in [3.05, 3.63) is 29.8 Å². The van der Waals surface area contributed by atoms with Crippen LogP contribution in [0.3, 0.4) is 0 Å². The molecule has 0 radical (unpaired) electrons. The molecule has 0 aliphatic carbocycles. The Labute approximate surface area is 117 Å². The molecule has 110 valence electrons. The summed E-state index contributed by atoms with van der Waals surface area (Å²) in [6, 6.07) is 6.82. The van der Waals surface area contributed by atoms with Gasteiger partial charge in [0.05, 0.1) is 26.9 Å². The molecule has 0 aromatic heterocycles. The van der Waals surface area contributed by atoms with Crippen molar-refractivity contribution < 1.29 is 28.5 Å². The van der Waals surface area contributed by atoms with Crippen molar-refractivity contribution >= 4 is 12.3 Å². The number of methoxy groups -OCH3 is 1. The molecule has 0 saturated carbocycles. The van der Waals surface area contributed by atoms with Crippen LogP contribution < -0.4 is 4.74 Å².